The van der Waals surface area contributed by atoms with Crippen LogP contribution in [0, 0.1) is 5.92 Å². The van der Waals surface area contributed by atoms with Crippen LogP contribution in [0.1, 0.15) is 70.0 Å². The van der Waals surface area contributed by atoms with Crippen molar-refractivity contribution < 1.29 is 13.5 Å². The van der Waals surface area contributed by atoms with Gasteiger partial charge in [0.05, 0.1) is 12.4 Å². The molecule has 2 rings (SSSR count). The second kappa shape index (κ2) is 11.0. The summed E-state index contributed by atoms with van der Waals surface area (Å²) in [7, 11) is -3.27. The first-order chi connectivity index (χ1) is 12.9. The number of aliphatic hydroxyl groups is 1. The number of anilines is 1. The van der Waals surface area contributed by atoms with Gasteiger partial charge in [0.15, 0.2) is 0 Å². The number of rotatable bonds is 12. The maximum atomic E-state index is 11.2. The number of sulfonamides is 1. The van der Waals surface area contributed by atoms with Crippen molar-refractivity contribution in [3.8, 4) is 0 Å². The number of aliphatic hydroxyl groups excluding tert-OH is 1. The van der Waals surface area contributed by atoms with E-state index in [0.717, 1.165) is 50.2 Å². The molecule has 1 saturated carbocycles. The Labute approximate surface area is 165 Å². The maximum absolute atomic E-state index is 11.2. The van der Waals surface area contributed by atoms with E-state index in [-0.39, 0.29) is 0 Å². The molecule has 154 valence electrons. The molecule has 1 aliphatic rings. The first-order valence-corrected chi connectivity index (χ1v) is 12.2. The third-order valence-corrected chi connectivity index (χ3v) is 6.17. The summed E-state index contributed by atoms with van der Waals surface area (Å²) in [6.07, 6.45) is 10.7. The molecule has 0 aliphatic heterocycles. The Hall–Kier alpha value is -1.11. The highest BCUT2D eigenvalue weighted by Gasteiger charge is 2.15. The van der Waals surface area contributed by atoms with Crippen LogP contribution in [0.15, 0.2) is 24.3 Å². The zero-order valence-corrected chi connectivity index (χ0v) is 17.7. The van der Waals surface area contributed by atoms with Gasteiger partial charge in [-0.1, -0.05) is 44.7 Å². The van der Waals surface area contributed by atoms with Gasteiger partial charge in [-0.15, -0.1) is 0 Å². The second-order valence-electron chi connectivity index (χ2n) is 7.88. The van der Waals surface area contributed by atoms with Gasteiger partial charge in [0.25, 0.3) is 0 Å². The van der Waals surface area contributed by atoms with E-state index in [0.29, 0.717) is 5.69 Å². The molecule has 27 heavy (non-hydrogen) atoms. The summed E-state index contributed by atoms with van der Waals surface area (Å²) in [6, 6.07) is 6.97. The molecule has 0 aromatic heterocycles. The summed E-state index contributed by atoms with van der Waals surface area (Å²) in [6.45, 7) is 5.45. The minimum absolute atomic E-state index is 0.505. The highest BCUT2D eigenvalue weighted by atomic mass is 32.2. The quantitative estimate of drug-likeness (QED) is 0.556. The van der Waals surface area contributed by atoms with E-state index < -0.39 is 16.1 Å². The van der Waals surface area contributed by atoms with E-state index in [2.05, 4.69) is 16.5 Å². The Bertz CT molecular complexity index is 640. The van der Waals surface area contributed by atoms with Gasteiger partial charge in [-0.2, -0.15) is 0 Å². The van der Waals surface area contributed by atoms with Crippen LogP contribution >= 0.6 is 0 Å². The highest BCUT2D eigenvalue weighted by Crippen LogP contribution is 2.28. The van der Waals surface area contributed by atoms with Gasteiger partial charge in [0.1, 0.15) is 0 Å². The smallest absolute Gasteiger partial charge is 0.229 e. The summed E-state index contributed by atoms with van der Waals surface area (Å²) in [5, 5.41) is 10.4. The van der Waals surface area contributed by atoms with Crippen molar-refractivity contribution in [1.29, 1.82) is 0 Å². The summed E-state index contributed by atoms with van der Waals surface area (Å²) >= 11 is 0. The molecule has 0 amide bonds. The van der Waals surface area contributed by atoms with Crippen LogP contribution in [0.3, 0.4) is 0 Å². The average Bonchev–Trinajstić information content (AvgIpc) is 3.13. The lowest BCUT2D eigenvalue weighted by Crippen LogP contribution is -2.26. The predicted octanol–water partition coefficient (Wildman–Crippen LogP) is 4.16. The van der Waals surface area contributed by atoms with E-state index in [1.807, 2.05) is 0 Å². The fraction of sp³-hybridized carbons (Fsp3) is 0.714. The molecular formula is C21H36N2O3S. The molecule has 1 aromatic carbocycles. The minimum atomic E-state index is -3.27. The molecule has 0 bridgehead atoms. The zero-order chi connectivity index (χ0) is 19.7. The standard InChI is InChI=1S/C21H36N2O3S/c1-3-23(16-6-10-18-8-4-5-9-18)17-7-11-21(24)19-12-14-20(15-13-19)22-27(2,25)26/h12-15,18,21-22,24H,3-11,16-17H2,1-2H3. The summed E-state index contributed by atoms with van der Waals surface area (Å²) in [4.78, 5) is 2.49. The van der Waals surface area contributed by atoms with Crippen LogP contribution in [0.5, 0.6) is 0 Å². The van der Waals surface area contributed by atoms with Crippen molar-refractivity contribution in [3.05, 3.63) is 29.8 Å². The lowest BCUT2D eigenvalue weighted by Gasteiger charge is -2.22. The summed E-state index contributed by atoms with van der Waals surface area (Å²) < 4.78 is 24.9. The lowest BCUT2D eigenvalue weighted by atomic mass is 10.0. The molecule has 6 heteroatoms. The molecule has 1 aromatic rings. The maximum Gasteiger partial charge on any atom is 0.229 e. The number of nitrogens with zero attached hydrogens (tertiary/aromatic N) is 1. The molecular weight excluding hydrogens is 360 g/mol. The van der Waals surface area contributed by atoms with Crippen molar-refractivity contribution in [2.75, 3.05) is 30.6 Å². The normalized spacial score (nSPS) is 16.7. The molecule has 1 aliphatic carbocycles. The van der Waals surface area contributed by atoms with Crippen molar-refractivity contribution in [3.63, 3.8) is 0 Å². The molecule has 0 saturated heterocycles. The van der Waals surface area contributed by atoms with Crippen molar-refractivity contribution in [2.45, 2.75) is 64.4 Å². The number of hydrogen-bond donors (Lipinski definition) is 2. The monoisotopic (exact) mass is 396 g/mol. The van der Waals surface area contributed by atoms with Gasteiger partial charge >= 0.3 is 0 Å². The largest absolute Gasteiger partial charge is 0.388 e. The zero-order valence-electron chi connectivity index (χ0n) is 16.9. The minimum Gasteiger partial charge on any atom is -0.388 e. The molecule has 0 radical (unpaired) electrons. The molecule has 0 spiro atoms. The van der Waals surface area contributed by atoms with Crippen LogP contribution < -0.4 is 4.72 Å². The molecule has 1 unspecified atom stereocenters. The van der Waals surface area contributed by atoms with E-state index in [9.17, 15) is 13.5 Å². The van der Waals surface area contributed by atoms with Crippen LogP contribution in [0.25, 0.3) is 0 Å². The predicted molar refractivity (Wildman–Crippen MR) is 112 cm³/mol. The Morgan fingerprint density at radius 1 is 1.15 bits per heavy atom. The molecule has 1 atom stereocenters. The van der Waals surface area contributed by atoms with Crippen LogP contribution in [0.4, 0.5) is 5.69 Å². The first-order valence-electron chi connectivity index (χ1n) is 10.4. The average molecular weight is 397 g/mol. The van der Waals surface area contributed by atoms with E-state index in [1.54, 1.807) is 24.3 Å². The van der Waals surface area contributed by atoms with Gasteiger partial charge < -0.3 is 10.0 Å². The molecule has 0 heterocycles. The lowest BCUT2D eigenvalue weighted by molar-refractivity contribution is 0.155. The topological polar surface area (TPSA) is 69.6 Å². The van der Waals surface area contributed by atoms with Crippen molar-refractivity contribution >= 4 is 15.7 Å². The molecule has 5 nitrogen and oxygen atoms in total. The van der Waals surface area contributed by atoms with Crippen LogP contribution in [0.2, 0.25) is 0 Å². The van der Waals surface area contributed by atoms with Crippen molar-refractivity contribution in [1.82, 2.24) is 4.90 Å². The number of hydrogen-bond acceptors (Lipinski definition) is 4. The molecule has 1 fully saturated rings. The Morgan fingerprint density at radius 2 is 1.78 bits per heavy atom. The molecule has 2 N–H and O–H groups in total. The first kappa shape index (κ1) is 22.2. The van der Waals surface area contributed by atoms with Crippen molar-refractivity contribution in [2.24, 2.45) is 5.92 Å². The third kappa shape index (κ3) is 8.62. The van der Waals surface area contributed by atoms with Crippen LogP contribution in [-0.2, 0) is 10.0 Å². The van der Waals surface area contributed by atoms with Gasteiger partial charge in [0.2, 0.25) is 10.0 Å². The fourth-order valence-corrected chi connectivity index (χ4v) is 4.56. The van der Waals surface area contributed by atoms with Gasteiger partial charge in [-0.3, -0.25) is 4.72 Å². The summed E-state index contributed by atoms with van der Waals surface area (Å²) in [5.74, 6) is 0.964. The second-order valence-corrected chi connectivity index (χ2v) is 9.63. The number of benzene rings is 1. The Kier molecular flexibility index (Phi) is 9.06. The van der Waals surface area contributed by atoms with Gasteiger partial charge in [-0.25, -0.2) is 8.42 Å². The van der Waals surface area contributed by atoms with Crippen LogP contribution in [-0.4, -0.2) is 44.3 Å². The number of nitrogens with one attached hydrogen (secondary N) is 1. The van der Waals surface area contributed by atoms with Gasteiger partial charge in [-0.05, 0) is 68.9 Å². The Morgan fingerprint density at radius 3 is 2.37 bits per heavy atom. The SMILES string of the molecule is CCN(CCCC1CCCC1)CCCC(O)c1ccc(NS(C)(=O)=O)cc1. The van der Waals surface area contributed by atoms with E-state index in [4.69, 9.17) is 0 Å². The summed E-state index contributed by atoms with van der Waals surface area (Å²) in [5.41, 5.74) is 1.35. The third-order valence-electron chi connectivity index (χ3n) is 5.56. The fourth-order valence-electron chi connectivity index (χ4n) is 3.99. The van der Waals surface area contributed by atoms with Gasteiger partial charge in [0, 0.05) is 5.69 Å². The highest BCUT2D eigenvalue weighted by molar-refractivity contribution is 7.92. The van der Waals surface area contributed by atoms with E-state index in [1.165, 1.54) is 38.5 Å². The Balaban J connectivity index is 1.68. The van der Waals surface area contributed by atoms with E-state index >= 15 is 0 Å².